The Morgan fingerprint density at radius 3 is 2.31 bits per heavy atom. The lowest BCUT2D eigenvalue weighted by Gasteiger charge is -2.22. The SMILES string of the molecule is COc1cc(Nc2cc(Oc3ccc(NC(=O)Nc4cc(NS(C)(=O)=O)cc(C(C)(C)C)c4)c4ccccc34)ccn2)ccc1C[P+](=O)O. The van der Waals surface area contributed by atoms with E-state index in [9.17, 15) is 22.7 Å². The van der Waals surface area contributed by atoms with Crippen molar-refractivity contribution in [3.8, 4) is 17.2 Å². The Kier molecular flexibility index (Phi) is 10.4. The van der Waals surface area contributed by atoms with Crippen LogP contribution >= 0.6 is 8.03 Å². The normalized spacial score (nSPS) is 11.8. The molecule has 0 saturated carbocycles. The summed E-state index contributed by atoms with van der Waals surface area (Å²) in [6, 6.07) is 24.3. The molecule has 0 aliphatic heterocycles. The molecule has 49 heavy (non-hydrogen) atoms. The first kappa shape index (κ1) is 35.1. The van der Waals surface area contributed by atoms with Crippen molar-refractivity contribution in [2.24, 2.45) is 0 Å². The molecule has 1 heterocycles. The molecule has 2 amide bonds. The molecular formula is C35H37N5O7PS+. The molecular weight excluding hydrogens is 665 g/mol. The van der Waals surface area contributed by atoms with Crippen LogP contribution in [-0.2, 0) is 26.2 Å². The van der Waals surface area contributed by atoms with Gasteiger partial charge in [-0.05, 0) is 64.1 Å². The van der Waals surface area contributed by atoms with Crippen LogP contribution in [0, 0.1) is 0 Å². The van der Waals surface area contributed by atoms with Crippen molar-refractivity contribution in [2.45, 2.75) is 32.3 Å². The van der Waals surface area contributed by atoms with Crippen molar-refractivity contribution in [1.29, 1.82) is 0 Å². The van der Waals surface area contributed by atoms with Crippen molar-refractivity contribution in [3.05, 3.63) is 102 Å². The highest BCUT2D eigenvalue weighted by atomic mass is 32.2. The molecule has 1 unspecified atom stereocenters. The van der Waals surface area contributed by atoms with Crippen LogP contribution in [0.4, 0.5) is 33.4 Å². The Labute approximate surface area is 285 Å². The molecule has 0 aliphatic rings. The molecule has 0 radical (unpaired) electrons. The van der Waals surface area contributed by atoms with Crippen LogP contribution in [0.25, 0.3) is 10.8 Å². The van der Waals surface area contributed by atoms with Gasteiger partial charge in [-0.15, -0.1) is 0 Å². The van der Waals surface area contributed by atoms with E-state index in [1.165, 1.54) is 7.11 Å². The number of hydrogen-bond donors (Lipinski definition) is 5. The van der Waals surface area contributed by atoms with Gasteiger partial charge in [0.05, 0.1) is 24.7 Å². The van der Waals surface area contributed by atoms with Gasteiger partial charge in [0.25, 0.3) is 0 Å². The number of fused-ring (bicyclic) bond motifs is 1. The van der Waals surface area contributed by atoms with Gasteiger partial charge in [0.1, 0.15) is 23.1 Å². The van der Waals surface area contributed by atoms with E-state index in [0.29, 0.717) is 51.4 Å². The number of benzene rings is 4. The summed E-state index contributed by atoms with van der Waals surface area (Å²) in [5.74, 6) is 2.05. The molecule has 5 aromatic rings. The summed E-state index contributed by atoms with van der Waals surface area (Å²) in [6.45, 7) is 5.99. The third-order valence-corrected chi connectivity index (χ3v) is 8.53. The molecule has 0 aliphatic carbocycles. The summed E-state index contributed by atoms with van der Waals surface area (Å²) < 4.78 is 49.3. The third-order valence-electron chi connectivity index (χ3n) is 7.32. The van der Waals surface area contributed by atoms with E-state index < -0.39 is 24.1 Å². The van der Waals surface area contributed by atoms with E-state index in [-0.39, 0.29) is 11.6 Å². The van der Waals surface area contributed by atoms with Crippen molar-refractivity contribution < 1.29 is 32.1 Å². The summed E-state index contributed by atoms with van der Waals surface area (Å²) in [4.78, 5) is 26.9. The minimum atomic E-state index is -3.53. The summed E-state index contributed by atoms with van der Waals surface area (Å²) in [6.07, 6.45) is 2.67. The first-order valence-corrected chi connectivity index (χ1v) is 18.4. The average molecular weight is 703 g/mol. The minimum absolute atomic E-state index is 0.00945. The Bertz CT molecular complexity index is 2150. The second-order valence-corrected chi connectivity index (χ2v) is 15.1. The number of nitrogens with zero attached hydrogens (tertiary/aromatic N) is 1. The van der Waals surface area contributed by atoms with Crippen LogP contribution in [0.2, 0.25) is 0 Å². The molecule has 0 spiro atoms. The van der Waals surface area contributed by atoms with Gasteiger partial charge < -0.3 is 25.4 Å². The third kappa shape index (κ3) is 9.44. The molecule has 5 rings (SSSR count). The molecule has 0 bridgehead atoms. The lowest BCUT2D eigenvalue weighted by Crippen LogP contribution is -2.21. The fourth-order valence-electron chi connectivity index (χ4n) is 5.08. The molecule has 14 heteroatoms. The zero-order chi connectivity index (χ0) is 35.3. The highest BCUT2D eigenvalue weighted by Crippen LogP contribution is 2.36. The van der Waals surface area contributed by atoms with Crippen molar-refractivity contribution in [3.63, 3.8) is 0 Å². The highest BCUT2D eigenvalue weighted by molar-refractivity contribution is 7.92. The number of rotatable bonds is 11. The number of amides is 2. The number of hydrogen-bond acceptors (Lipinski definition) is 8. The predicted molar refractivity (Wildman–Crippen MR) is 194 cm³/mol. The average Bonchev–Trinajstić information content (AvgIpc) is 3.01. The number of methoxy groups -OCH3 is 1. The van der Waals surface area contributed by atoms with Crippen LogP contribution < -0.4 is 30.1 Å². The van der Waals surface area contributed by atoms with Gasteiger partial charge >= 0.3 is 14.1 Å². The monoisotopic (exact) mass is 702 g/mol. The van der Waals surface area contributed by atoms with E-state index in [1.54, 1.807) is 60.8 Å². The molecule has 5 N–H and O–H groups in total. The fraction of sp³-hybridized carbons (Fsp3) is 0.200. The van der Waals surface area contributed by atoms with Gasteiger partial charge in [-0.25, -0.2) is 18.2 Å². The van der Waals surface area contributed by atoms with Crippen LogP contribution in [0.5, 0.6) is 17.2 Å². The van der Waals surface area contributed by atoms with Crippen LogP contribution in [0.15, 0.2) is 91.1 Å². The van der Waals surface area contributed by atoms with Crippen LogP contribution in [-0.4, -0.2) is 37.7 Å². The van der Waals surface area contributed by atoms with Gasteiger partial charge in [-0.2, -0.15) is 4.89 Å². The summed E-state index contributed by atoms with van der Waals surface area (Å²) >= 11 is 0. The Morgan fingerprint density at radius 1 is 0.878 bits per heavy atom. The maximum Gasteiger partial charge on any atom is 0.510 e. The lowest BCUT2D eigenvalue weighted by molar-refractivity contribution is 0.262. The zero-order valence-electron chi connectivity index (χ0n) is 27.6. The number of carbonyl (C=O) groups excluding carboxylic acids is 1. The smallest absolute Gasteiger partial charge is 0.496 e. The summed E-state index contributed by atoms with van der Waals surface area (Å²) in [5.41, 5.74) is 3.15. The Hall–Kier alpha value is -5.23. The van der Waals surface area contributed by atoms with E-state index in [2.05, 4.69) is 25.7 Å². The summed E-state index contributed by atoms with van der Waals surface area (Å²) in [5, 5.41) is 10.4. The molecule has 254 valence electrons. The molecule has 1 aromatic heterocycles. The first-order chi connectivity index (χ1) is 23.2. The van der Waals surface area contributed by atoms with Crippen molar-refractivity contribution >= 4 is 63.4 Å². The van der Waals surface area contributed by atoms with Gasteiger partial charge in [0, 0.05) is 46.0 Å². The topological polar surface area (TPSA) is 168 Å². The van der Waals surface area contributed by atoms with Crippen molar-refractivity contribution in [2.75, 3.05) is 34.0 Å². The highest BCUT2D eigenvalue weighted by Gasteiger charge is 2.19. The number of anilines is 5. The predicted octanol–water partition coefficient (Wildman–Crippen LogP) is 8.33. The van der Waals surface area contributed by atoms with Gasteiger partial charge in [0.15, 0.2) is 0 Å². The lowest BCUT2D eigenvalue weighted by atomic mass is 9.86. The van der Waals surface area contributed by atoms with Gasteiger partial charge in [-0.3, -0.25) is 4.72 Å². The number of ether oxygens (including phenoxy) is 2. The van der Waals surface area contributed by atoms with E-state index in [1.807, 2.05) is 51.1 Å². The quantitative estimate of drug-likeness (QED) is 0.0850. The molecule has 0 fully saturated rings. The largest absolute Gasteiger partial charge is 0.510 e. The number of aromatic nitrogens is 1. The maximum absolute atomic E-state index is 13.2. The number of pyridine rings is 1. The molecule has 1 atom stereocenters. The van der Waals surface area contributed by atoms with Gasteiger partial charge in [-0.1, -0.05) is 45.0 Å². The fourth-order valence-corrected chi connectivity index (χ4v) is 6.18. The Balaban J connectivity index is 1.34. The molecule has 4 aromatic carbocycles. The number of urea groups is 1. The second kappa shape index (κ2) is 14.5. The second-order valence-electron chi connectivity index (χ2n) is 12.3. The number of carbonyl (C=O) groups is 1. The van der Waals surface area contributed by atoms with Crippen LogP contribution in [0.1, 0.15) is 31.9 Å². The summed E-state index contributed by atoms with van der Waals surface area (Å²) in [7, 11) is -4.37. The maximum atomic E-state index is 13.2. The van der Waals surface area contributed by atoms with E-state index >= 15 is 0 Å². The molecule has 12 nitrogen and oxygen atoms in total. The van der Waals surface area contributed by atoms with Crippen molar-refractivity contribution in [1.82, 2.24) is 4.98 Å². The minimum Gasteiger partial charge on any atom is -0.496 e. The zero-order valence-corrected chi connectivity index (χ0v) is 29.3. The van der Waals surface area contributed by atoms with Gasteiger partial charge in [0.2, 0.25) is 16.2 Å². The first-order valence-electron chi connectivity index (χ1n) is 15.1. The Morgan fingerprint density at radius 2 is 1.61 bits per heavy atom. The van der Waals surface area contributed by atoms with Crippen LogP contribution in [0.3, 0.4) is 0 Å². The number of sulfonamides is 1. The standard InChI is InChI=1S/C35H36N5O7PS/c1-35(2,3)23-16-25(18-26(17-23)40-49(5,44)45)38-34(41)39-30-12-13-31(29-9-7-6-8-28(29)30)47-27-14-15-36-33(20-27)37-24-11-10-22(21-48(42)43)32(19-24)46-4/h6-20,40H,21H2,1-5H3,(H3-,36,37,38,39,41,42,43)/p+1. The van der Waals surface area contributed by atoms with E-state index in [4.69, 9.17) is 9.47 Å². The molecule has 0 saturated heterocycles. The number of nitrogens with one attached hydrogen (secondary N) is 4. The van der Waals surface area contributed by atoms with E-state index in [0.717, 1.165) is 22.6 Å².